The SMILES string of the molecule is O=C1c2ccccc2C(=O)c2cc(C3c4ccccc4-c4cc(-n5c6ccccc6c6ccccc65)ccc43)ccc21. The molecule has 2 aliphatic carbocycles. The number of benzene rings is 6. The number of hydrogen-bond acceptors (Lipinski definition) is 2. The minimum atomic E-state index is -0.0882. The van der Waals surface area contributed by atoms with E-state index in [-0.39, 0.29) is 17.5 Å². The van der Waals surface area contributed by atoms with Gasteiger partial charge in [-0.3, -0.25) is 9.59 Å². The van der Waals surface area contributed by atoms with Crippen molar-refractivity contribution in [1.29, 1.82) is 0 Å². The van der Waals surface area contributed by atoms with Gasteiger partial charge in [-0.25, -0.2) is 0 Å². The third kappa shape index (κ3) is 3.05. The minimum Gasteiger partial charge on any atom is -0.309 e. The van der Waals surface area contributed by atoms with Crippen LogP contribution >= 0.6 is 0 Å². The van der Waals surface area contributed by atoms with Crippen molar-refractivity contribution in [1.82, 2.24) is 4.57 Å². The van der Waals surface area contributed by atoms with Crippen LogP contribution in [-0.4, -0.2) is 16.1 Å². The first-order valence-corrected chi connectivity index (χ1v) is 14.2. The molecule has 0 amide bonds. The summed E-state index contributed by atoms with van der Waals surface area (Å²) in [6.07, 6.45) is 0. The maximum absolute atomic E-state index is 13.5. The van der Waals surface area contributed by atoms with Crippen LogP contribution < -0.4 is 0 Å². The topological polar surface area (TPSA) is 39.1 Å². The number of carbonyl (C=O) groups is 2. The zero-order valence-electron chi connectivity index (χ0n) is 22.5. The second kappa shape index (κ2) is 8.48. The summed E-state index contributed by atoms with van der Waals surface area (Å²) in [4.78, 5) is 26.8. The molecule has 3 heteroatoms. The van der Waals surface area contributed by atoms with E-state index in [1.807, 2.05) is 30.3 Å². The fourth-order valence-electron chi connectivity index (χ4n) is 7.19. The number of rotatable bonds is 2. The van der Waals surface area contributed by atoms with E-state index in [4.69, 9.17) is 0 Å². The Kier molecular flexibility index (Phi) is 4.68. The van der Waals surface area contributed by atoms with Gasteiger partial charge in [-0.05, 0) is 64.2 Å². The van der Waals surface area contributed by atoms with Gasteiger partial charge in [0, 0.05) is 44.6 Å². The fourth-order valence-corrected chi connectivity index (χ4v) is 7.19. The fraction of sp³-hybridized carbons (Fsp3) is 0.0256. The highest BCUT2D eigenvalue weighted by atomic mass is 16.1. The Morgan fingerprint density at radius 3 is 1.69 bits per heavy atom. The molecule has 1 atom stereocenters. The molecule has 3 nitrogen and oxygen atoms in total. The molecule has 196 valence electrons. The number of ketones is 2. The molecule has 0 saturated carbocycles. The van der Waals surface area contributed by atoms with Gasteiger partial charge in [-0.2, -0.15) is 0 Å². The van der Waals surface area contributed by atoms with Crippen LogP contribution in [0.2, 0.25) is 0 Å². The van der Waals surface area contributed by atoms with Gasteiger partial charge >= 0.3 is 0 Å². The van der Waals surface area contributed by atoms with Crippen LogP contribution in [0.1, 0.15) is 54.5 Å². The minimum absolute atomic E-state index is 0.0335. The zero-order valence-corrected chi connectivity index (χ0v) is 22.5. The van der Waals surface area contributed by atoms with Crippen LogP contribution in [0.4, 0.5) is 0 Å². The molecule has 0 N–H and O–H groups in total. The summed E-state index contributed by atoms with van der Waals surface area (Å²) in [5.74, 6) is -0.209. The summed E-state index contributed by atoms with van der Waals surface area (Å²) in [5, 5.41) is 2.48. The predicted octanol–water partition coefficient (Wildman–Crippen LogP) is 8.72. The van der Waals surface area contributed by atoms with Crippen LogP contribution in [0.5, 0.6) is 0 Å². The Balaban J connectivity index is 1.23. The third-order valence-corrected chi connectivity index (χ3v) is 9.03. The molecule has 7 aromatic rings. The zero-order chi connectivity index (χ0) is 27.9. The Hall–Kier alpha value is -5.54. The molecule has 0 radical (unpaired) electrons. The molecule has 42 heavy (non-hydrogen) atoms. The standard InChI is InChI=1S/C39H23NO2/c41-38-30-13-3-4-14-31(30)39(42)34-21-23(17-19-32(34)38)37-28-12-2-1-9-25(28)33-22-24(18-20-29(33)37)40-35-15-7-5-10-26(35)27-11-6-8-16-36(27)40/h1-22,37H. The smallest absolute Gasteiger partial charge is 0.194 e. The molecule has 2 aliphatic rings. The number of hydrogen-bond donors (Lipinski definition) is 0. The van der Waals surface area contributed by atoms with Gasteiger partial charge in [0.15, 0.2) is 11.6 Å². The van der Waals surface area contributed by atoms with E-state index >= 15 is 0 Å². The van der Waals surface area contributed by atoms with Crippen molar-refractivity contribution in [3.05, 3.63) is 172 Å². The normalized spacial score (nSPS) is 15.0. The van der Waals surface area contributed by atoms with Crippen LogP contribution in [0.15, 0.2) is 133 Å². The van der Waals surface area contributed by atoms with E-state index in [0.717, 1.165) is 11.3 Å². The van der Waals surface area contributed by atoms with Crippen molar-refractivity contribution in [2.45, 2.75) is 5.92 Å². The van der Waals surface area contributed by atoms with E-state index in [1.54, 1.807) is 12.1 Å². The van der Waals surface area contributed by atoms with Crippen molar-refractivity contribution in [3.63, 3.8) is 0 Å². The molecule has 9 rings (SSSR count). The number of aromatic nitrogens is 1. The van der Waals surface area contributed by atoms with Gasteiger partial charge in [-0.1, -0.05) is 97.1 Å². The van der Waals surface area contributed by atoms with Crippen LogP contribution in [-0.2, 0) is 0 Å². The van der Waals surface area contributed by atoms with Gasteiger partial charge in [0.25, 0.3) is 0 Å². The summed E-state index contributed by atoms with van der Waals surface area (Å²) >= 11 is 0. The lowest BCUT2D eigenvalue weighted by molar-refractivity contribution is 0.0979. The molecule has 1 heterocycles. The first kappa shape index (κ1) is 23.2. The second-order valence-electron chi connectivity index (χ2n) is 11.2. The van der Waals surface area contributed by atoms with Crippen LogP contribution in [0.25, 0.3) is 38.6 Å². The number of fused-ring (bicyclic) bond motifs is 8. The molecule has 0 aliphatic heterocycles. The van der Waals surface area contributed by atoms with E-state index in [0.29, 0.717) is 22.3 Å². The summed E-state index contributed by atoms with van der Waals surface area (Å²) in [5.41, 5.74) is 11.2. The highest BCUT2D eigenvalue weighted by molar-refractivity contribution is 6.28. The first-order chi connectivity index (χ1) is 20.7. The van der Waals surface area contributed by atoms with Crippen LogP contribution in [0, 0.1) is 0 Å². The predicted molar refractivity (Wildman–Crippen MR) is 167 cm³/mol. The largest absolute Gasteiger partial charge is 0.309 e. The molecular weight excluding hydrogens is 514 g/mol. The lowest BCUT2D eigenvalue weighted by Gasteiger charge is -2.21. The second-order valence-corrected chi connectivity index (χ2v) is 11.2. The molecule has 0 fully saturated rings. The van der Waals surface area contributed by atoms with E-state index in [2.05, 4.69) is 95.6 Å². The quantitative estimate of drug-likeness (QED) is 0.221. The molecular formula is C39H23NO2. The number of carbonyl (C=O) groups excluding carboxylic acids is 2. The lowest BCUT2D eigenvalue weighted by Crippen LogP contribution is -2.21. The Labute approximate surface area is 242 Å². The van der Waals surface area contributed by atoms with Gasteiger partial charge in [-0.15, -0.1) is 0 Å². The number of nitrogens with zero attached hydrogens (tertiary/aromatic N) is 1. The molecule has 0 spiro atoms. The highest BCUT2D eigenvalue weighted by Gasteiger charge is 2.34. The molecule has 6 aromatic carbocycles. The van der Waals surface area contributed by atoms with Gasteiger partial charge < -0.3 is 4.57 Å². The maximum atomic E-state index is 13.5. The summed E-state index contributed by atoms with van der Waals surface area (Å²) < 4.78 is 2.35. The van der Waals surface area contributed by atoms with Crippen molar-refractivity contribution >= 4 is 33.4 Å². The van der Waals surface area contributed by atoms with Crippen molar-refractivity contribution < 1.29 is 9.59 Å². The average Bonchev–Trinajstić information content (AvgIpc) is 3.56. The molecule has 0 saturated heterocycles. The number of para-hydroxylation sites is 2. The summed E-state index contributed by atoms with van der Waals surface area (Å²) in [6.45, 7) is 0. The van der Waals surface area contributed by atoms with Crippen molar-refractivity contribution in [2.75, 3.05) is 0 Å². The molecule has 1 unspecified atom stereocenters. The summed E-state index contributed by atoms with van der Waals surface area (Å²) in [6, 6.07) is 45.3. The lowest BCUT2D eigenvalue weighted by atomic mass is 9.80. The Bertz CT molecular complexity index is 2250. The third-order valence-electron chi connectivity index (χ3n) is 9.03. The molecule has 0 bridgehead atoms. The average molecular weight is 538 g/mol. The van der Waals surface area contributed by atoms with Crippen molar-refractivity contribution in [3.8, 4) is 16.8 Å². The first-order valence-electron chi connectivity index (χ1n) is 14.2. The highest BCUT2D eigenvalue weighted by Crippen LogP contribution is 2.49. The molecule has 1 aromatic heterocycles. The van der Waals surface area contributed by atoms with Gasteiger partial charge in [0.1, 0.15) is 0 Å². The van der Waals surface area contributed by atoms with Gasteiger partial charge in [0.2, 0.25) is 0 Å². The summed E-state index contributed by atoms with van der Waals surface area (Å²) in [7, 11) is 0. The Morgan fingerprint density at radius 1 is 0.429 bits per heavy atom. The van der Waals surface area contributed by atoms with E-state index in [9.17, 15) is 9.59 Å². The monoisotopic (exact) mass is 537 g/mol. The Morgan fingerprint density at radius 2 is 0.976 bits per heavy atom. The van der Waals surface area contributed by atoms with Crippen LogP contribution in [0.3, 0.4) is 0 Å². The van der Waals surface area contributed by atoms with Gasteiger partial charge in [0.05, 0.1) is 11.0 Å². The van der Waals surface area contributed by atoms with Crippen molar-refractivity contribution in [2.24, 2.45) is 0 Å². The van der Waals surface area contributed by atoms with E-state index in [1.165, 1.54) is 44.1 Å². The van der Waals surface area contributed by atoms with E-state index < -0.39 is 0 Å². The maximum Gasteiger partial charge on any atom is 0.194 e.